The molecule has 1 aromatic carbocycles. The minimum absolute atomic E-state index is 0.0851. The molecule has 0 saturated heterocycles. The molecule has 1 fully saturated rings. The summed E-state index contributed by atoms with van der Waals surface area (Å²) in [6, 6.07) is 5.93. The number of rotatable bonds is 6. The Hall–Kier alpha value is -0.410. The van der Waals surface area contributed by atoms with Crippen LogP contribution in [0.2, 0.25) is 0 Å². The quantitative estimate of drug-likeness (QED) is 0.840. The Kier molecular flexibility index (Phi) is 4.57. The van der Waals surface area contributed by atoms with Crippen LogP contribution in [-0.4, -0.2) is 12.6 Å². The van der Waals surface area contributed by atoms with Gasteiger partial charge in [0.15, 0.2) is 0 Å². The average Bonchev–Trinajstić information content (AvgIpc) is 3.12. The fourth-order valence-corrected chi connectivity index (χ4v) is 2.40. The Balaban J connectivity index is 1.93. The van der Waals surface area contributed by atoms with Gasteiger partial charge >= 0.3 is 0 Å². The largest absolute Gasteiger partial charge is 0.314 e. The maximum absolute atomic E-state index is 13.6. The van der Waals surface area contributed by atoms with Gasteiger partial charge in [-0.15, -0.1) is 0 Å². The highest BCUT2D eigenvalue weighted by Crippen LogP contribution is 2.22. The SMILES string of the molecule is CCC(CNC1CC1)Cc1cc(Br)ccc1F. The van der Waals surface area contributed by atoms with E-state index in [1.54, 1.807) is 12.1 Å². The van der Waals surface area contributed by atoms with E-state index in [0.717, 1.165) is 35.5 Å². The van der Waals surface area contributed by atoms with Crippen molar-refractivity contribution in [3.63, 3.8) is 0 Å². The standard InChI is InChI=1S/C14H19BrFN/c1-2-10(9-17-13-4-5-13)7-11-8-12(15)3-6-14(11)16/h3,6,8,10,13,17H,2,4-5,7,9H2,1H3. The van der Waals surface area contributed by atoms with E-state index in [0.29, 0.717) is 5.92 Å². The van der Waals surface area contributed by atoms with Gasteiger partial charge in [-0.2, -0.15) is 0 Å². The molecule has 3 heteroatoms. The van der Waals surface area contributed by atoms with Gasteiger partial charge in [-0.05, 0) is 55.5 Å². The van der Waals surface area contributed by atoms with E-state index in [4.69, 9.17) is 0 Å². The lowest BCUT2D eigenvalue weighted by molar-refractivity contribution is 0.449. The summed E-state index contributed by atoms with van der Waals surface area (Å²) in [5.41, 5.74) is 0.823. The maximum Gasteiger partial charge on any atom is 0.126 e. The van der Waals surface area contributed by atoms with Crippen molar-refractivity contribution >= 4 is 15.9 Å². The van der Waals surface area contributed by atoms with Crippen LogP contribution in [0, 0.1) is 11.7 Å². The first-order valence-corrected chi connectivity index (χ1v) is 7.15. The predicted octanol–water partition coefficient (Wildman–Crippen LogP) is 3.91. The third kappa shape index (κ3) is 4.07. The molecular weight excluding hydrogens is 281 g/mol. The van der Waals surface area contributed by atoms with Gasteiger partial charge in [-0.3, -0.25) is 0 Å². The molecule has 1 aliphatic carbocycles. The molecule has 0 spiro atoms. The molecule has 2 rings (SSSR count). The third-order valence-corrected chi connectivity index (χ3v) is 3.86. The summed E-state index contributed by atoms with van der Waals surface area (Å²) in [4.78, 5) is 0. The van der Waals surface area contributed by atoms with Crippen LogP contribution < -0.4 is 5.32 Å². The third-order valence-electron chi connectivity index (χ3n) is 3.37. The first-order valence-electron chi connectivity index (χ1n) is 6.36. The second-order valence-electron chi connectivity index (χ2n) is 4.90. The number of nitrogens with one attached hydrogen (secondary N) is 1. The summed E-state index contributed by atoms with van der Waals surface area (Å²) in [5, 5.41) is 3.53. The lowest BCUT2D eigenvalue weighted by Crippen LogP contribution is -2.25. The number of hydrogen-bond donors (Lipinski definition) is 1. The molecule has 1 atom stereocenters. The Bertz CT molecular complexity index is 376. The highest BCUT2D eigenvalue weighted by Gasteiger charge is 2.21. The van der Waals surface area contributed by atoms with Crippen molar-refractivity contribution in [3.05, 3.63) is 34.1 Å². The molecule has 1 nitrogen and oxygen atoms in total. The summed E-state index contributed by atoms with van der Waals surface area (Å²) in [6.45, 7) is 3.18. The van der Waals surface area contributed by atoms with E-state index in [-0.39, 0.29) is 5.82 Å². The highest BCUT2D eigenvalue weighted by molar-refractivity contribution is 9.10. The second kappa shape index (κ2) is 5.96. The fourth-order valence-electron chi connectivity index (χ4n) is 1.99. The minimum Gasteiger partial charge on any atom is -0.314 e. The topological polar surface area (TPSA) is 12.0 Å². The number of hydrogen-bond acceptors (Lipinski definition) is 1. The van der Waals surface area contributed by atoms with Gasteiger partial charge in [-0.25, -0.2) is 4.39 Å². The van der Waals surface area contributed by atoms with Crippen molar-refractivity contribution in [3.8, 4) is 0 Å². The molecule has 0 amide bonds. The van der Waals surface area contributed by atoms with Crippen molar-refractivity contribution < 1.29 is 4.39 Å². The Labute approximate surface area is 111 Å². The molecule has 1 aliphatic rings. The van der Waals surface area contributed by atoms with Crippen LogP contribution in [0.25, 0.3) is 0 Å². The highest BCUT2D eigenvalue weighted by atomic mass is 79.9. The Morgan fingerprint density at radius 3 is 2.88 bits per heavy atom. The predicted molar refractivity (Wildman–Crippen MR) is 72.6 cm³/mol. The van der Waals surface area contributed by atoms with Crippen LogP contribution in [0.5, 0.6) is 0 Å². The molecule has 1 saturated carbocycles. The molecule has 1 unspecified atom stereocenters. The van der Waals surface area contributed by atoms with Crippen molar-refractivity contribution in [2.24, 2.45) is 5.92 Å². The van der Waals surface area contributed by atoms with E-state index >= 15 is 0 Å². The number of benzene rings is 1. The van der Waals surface area contributed by atoms with E-state index in [1.165, 1.54) is 12.8 Å². The van der Waals surface area contributed by atoms with E-state index < -0.39 is 0 Å². The molecule has 0 radical (unpaired) electrons. The lowest BCUT2D eigenvalue weighted by Gasteiger charge is -2.16. The molecule has 1 N–H and O–H groups in total. The Morgan fingerprint density at radius 2 is 2.24 bits per heavy atom. The van der Waals surface area contributed by atoms with Gasteiger partial charge in [0.05, 0.1) is 0 Å². The summed E-state index contributed by atoms with van der Waals surface area (Å²) in [6.07, 6.45) is 4.52. The van der Waals surface area contributed by atoms with Crippen molar-refractivity contribution in [1.29, 1.82) is 0 Å². The summed E-state index contributed by atoms with van der Waals surface area (Å²) in [7, 11) is 0. The zero-order chi connectivity index (χ0) is 12.3. The molecule has 94 valence electrons. The molecule has 0 bridgehead atoms. The van der Waals surface area contributed by atoms with E-state index in [2.05, 4.69) is 28.2 Å². The first kappa shape index (κ1) is 13.0. The van der Waals surface area contributed by atoms with Crippen LogP contribution >= 0.6 is 15.9 Å². The summed E-state index contributed by atoms with van der Waals surface area (Å²) in [5.74, 6) is 0.442. The van der Waals surface area contributed by atoms with Crippen molar-refractivity contribution in [2.75, 3.05) is 6.54 Å². The zero-order valence-corrected chi connectivity index (χ0v) is 11.8. The second-order valence-corrected chi connectivity index (χ2v) is 5.81. The van der Waals surface area contributed by atoms with Crippen LogP contribution in [0.3, 0.4) is 0 Å². The fraction of sp³-hybridized carbons (Fsp3) is 0.571. The molecular formula is C14H19BrFN. The minimum atomic E-state index is -0.0851. The van der Waals surface area contributed by atoms with Gasteiger partial charge in [0.2, 0.25) is 0 Å². The van der Waals surface area contributed by atoms with Gasteiger partial charge in [0.1, 0.15) is 5.82 Å². The average molecular weight is 300 g/mol. The molecule has 0 heterocycles. The summed E-state index contributed by atoms with van der Waals surface area (Å²) >= 11 is 3.40. The lowest BCUT2D eigenvalue weighted by atomic mass is 9.96. The van der Waals surface area contributed by atoms with Crippen LogP contribution in [0.1, 0.15) is 31.7 Å². The van der Waals surface area contributed by atoms with Gasteiger partial charge in [0.25, 0.3) is 0 Å². The van der Waals surface area contributed by atoms with Crippen molar-refractivity contribution in [2.45, 2.75) is 38.6 Å². The molecule has 0 aromatic heterocycles. The van der Waals surface area contributed by atoms with E-state index in [1.807, 2.05) is 6.07 Å². The Morgan fingerprint density at radius 1 is 1.47 bits per heavy atom. The van der Waals surface area contributed by atoms with Crippen LogP contribution in [0.4, 0.5) is 4.39 Å². The van der Waals surface area contributed by atoms with Crippen LogP contribution in [0.15, 0.2) is 22.7 Å². The van der Waals surface area contributed by atoms with Gasteiger partial charge in [0, 0.05) is 10.5 Å². The van der Waals surface area contributed by atoms with Crippen molar-refractivity contribution in [1.82, 2.24) is 5.32 Å². The maximum atomic E-state index is 13.6. The monoisotopic (exact) mass is 299 g/mol. The van der Waals surface area contributed by atoms with E-state index in [9.17, 15) is 4.39 Å². The molecule has 1 aromatic rings. The van der Waals surface area contributed by atoms with Gasteiger partial charge < -0.3 is 5.32 Å². The zero-order valence-electron chi connectivity index (χ0n) is 10.2. The first-order chi connectivity index (χ1) is 8.19. The smallest absolute Gasteiger partial charge is 0.126 e. The number of halogens is 2. The molecule has 0 aliphatic heterocycles. The normalized spacial score (nSPS) is 17.1. The van der Waals surface area contributed by atoms with Crippen LogP contribution in [-0.2, 0) is 6.42 Å². The summed E-state index contributed by atoms with van der Waals surface area (Å²) < 4.78 is 14.6. The van der Waals surface area contributed by atoms with Gasteiger partial charge in [-0.1, -0.05) is 29.3 Å². The molecule has 17 heavy (non-hydrogen) atoms.